The summed E-state index contributed by atoms with van der Waals surface area (Å²) in [5, 5.41) is 2.63. The summed E-state index contributed by atoms with van der Waals surface area (Å²) in [6.07, 6.45) is -4.78. The number of hydrogen-bond acceptors (Lipinski definition) is 3. The number of rotatable bonds is 5. The van der Waals surface area contributed by atoms with Crippen LogP contribution in [0.1, 0.15) is 5.56 Å². The van der Waals surface area contributed by atoms with Crippen LogP contribution in [0.2, 0.25) is 0 Å². The van der Waals surface area contributed by atoms with Crippen molar-refractivity contribution in [2.24, 2.45) is 10.7 Å². The molecule has 0 saturated heterocycles. The lowest BCUT2D eigenvalue weighted by atomic mass is 10.2. The largest absolute Gasteiger partial charge is 0.573 e. The van der Waals surface area contributed by atoms with Gasteiger partial charge in [0.05, 0.1) is 12.2 Å². The molecule has 2 rings (SSSR count). The molecule has 9 heteroatoms. The summed E-state index contributed by atoms with van der Waals surface area (Å²) in [6.45, 7) is 0.300. The molecule has 0 spiro atoms. The van der Waals surface area contributed by atoms with Gasteiger partial charge in [0.1, 0.15) is 0 Å². The van der Waals surface area contributed by atoms with E-state index in [1.807, 2.05) is 43.3 Å². The van der Waals surface area contributed by atoms with Crippen molar-refractivity contribution in [3.05, 3.63) is 54.1 Å². The zero-order valence-corrected chi connectivity index (χ0v) is 16.6. The highest BCUT2D eigenvalue weighted by atomic mass is 127. The molecule has 0 heterocycles. The van der Waals surface area contributed by atoms with E-state index in [-0.39, 0.29) is 41.4 Å². The predicted molar refractivity (Wildman–Crippen MR) is 108 cm³/mol. The highest BCUT2D eigenvalue weighted by Crippen LogP contribution is 2.29. The summed E-state index contributed by atoms with van der Waals surface area (Å²) in [4.78, 5) is 6.11. The van der Waals surface area contributed by atoms with Gasteiger partial charge >= 0.3 is 6.36 Å². The fourth-order valence-corrected chi connectivity index (χ4v) is 2.04. The quantitative estimate of drug-likeness (QED) is 0.383. The predicted octanol–water partition coefficient (Wildman–Crippen LogP) is 4.20. The van der Waals surface area contributed by atoms with Crippen LogP contribution in [-0.4, -0.2) is 26.4 Å². The lowest BCUT2D eigenvalue weighted by molar-refractivity contribution is -0.274. The molecule has 0 aliphatic heterocycles. The number of nitrogens with two attached hydrogens (primary N) is 1. The van der Waals surface area contributed by atoms with E-state index in [1.165, 1.54) is 18.2 Å². The SMILES string of the molecule is CN(C)c1ccc(CN=C(N)Nc2ccccc2OC(F)(F)F)cc1.I. The maximum atomic E-state index is 12.4. The standard InChI is InChI=1S/C17H19F3N4O.HI/c1-24(2)13-9-7-12(8-10-13)11-22-16(21)23-14-5-3-4-6-15(14)25-17(18,19)20;/h3-10H,11H2,1-2H3,(H3,21,22,23);1H. The Morgan fingerprint density at radius 1 is 1.12 bits per heavy atom. The molecule has 142 valence electrons. The Kier molecular flexibility index (Phi) is 8.00. The van der Waals surface area contributed by atoms with Crippen LogP contribution >= 0.6 is 24.0 Å². The highest BCUT2D eigenvalue weighted by molar-refractivity contribution is 14.0. The first kappa shape index (κ1) is 21.9. The molecule has 0 radical (unpaired) electrons. The second kappa shape index (κ2) is 9.51. The number of alkyl halides is 3. The van der Waals surface area contributed by atoms with Gasteiger partial charge in [-0.1, -0.05) is 24.3 Å². The van der Waals surface area contributed by atoms with Gasteiger partial charge in [-0.3, -0.25) is 0 Å². The molecule has 3 N–H and O–H groups in total. The fraction of sp³-hybridized carbons (Fsp3) is 0.235. The van der Waals surface area contributed by atoms with Gasteiger partial charge < -0.3 is 20.7 Å². The van der Waals surface area contributed by atoms with Crippen molar-refractivity contribution in [1.29, 1.82) is 0 Å². The number of halogens is 4. The van der Waals surface area contributed by atoms with E-state index in [9.17, 15) is 13.2 Å². The van der Waals surface area contributed by atoms with Crippen molar-refractivity contribution >= 4 is 41.3 Å². The highest BCUT2D eigenvalue weighted by Gasteiger charge is 2.32. The fourth-order valence-electron chi connectivity index (χ4n) is 2.04. The number of para-hydroxylation sites is 2. The molecule has 0 saturated carbocycles. The number of benzene rings is 2. The smallest absolute Gasteiger partial charge is 0.404 e. The van der Waals surface area contributed by atoms with Crippen LogP contribution < -0.4 is 20.7 Å². The Morgan fingerprint density at radius 3 is 2.31 bits per heavy atom. The number of ether oxygens (including phenoxy) is 1. The van der Waals surface area contributed by atoms with Crippen LogP contribution in [0.5, 0.6) is 5.75 Å². The third kappa shape index (κ3) is 6.98. The van der Waals surface area contributed by atoms with Crippen LogP contribution in [0.25, 0.3) is 0 Å². The van der Waals surface area contributed by atoms with Crippen LogP contribution in [-0.2, 0) is 6.54 Å². The molecule has 0 aromatic heterocycles. The van der Waals surface area contributed by atoms with E-state index in [2.05, 4.69) is 15.0 Å². The molecule has 5 nitrogen and oxygen atoms in total. The van der Waals surface area contributed by atoms with Crippen LogP contribution in [0, 0.1) is 0 Å². The molecular formula is C17H20F3IN4O. The lowest BCUT2D eigenvalue weighted by Crippen LogP contribution is -2.24. The van der Waals surface area contributed by atoms with Gasteiger partial charge in [-0.25, -0.2) is 4.99 Å². The van der Waals surface area contributed by atoms with E-state index < -0.39 is 6.36 Å². The minimum atomic E-state index is -4.78. The minimum absolute atomic E-state index is 0. The topological polar surface area (TPSA) is 62.9 Å². The van der Waals surface area contributed by atoms with E-state index in [1.54, 1.807) is 6.07 Å². The van der Waals surface area contributed by atoms with Crippen molar-refractivity contribution < 1.29 is 17.9 Å². The number of hydrogen-bond donors (Lipinski definition) is 2. The summed E-state index contributed by atoms with van der Waals surface area (Å²) in [5.41, 5.74) is 7.82. The molecule has 0 aliphatic carbocycles. The average molecular weight is 480 g/mol. The summed E-state index contributed by atoms with van der Waals surface area (Å²) < 4.78 is 41.2. The second-order valence-corrected chi connectivity index (χ2v) is 5.43. The van der Waals surface area contributed by atoms with Gasteiger partial charge in [-0.15, -0.1) is 37.1 Å². The van der Waals surface area contributed by atoms with Crippen LogP contribution in [0.15, 0.2) is 53.5 Å². The number of guanidine groups is 1. The molecule has 2 aromatic carbocycles. The number of nitrogens with one attached hydrogen (secondary N) is 1. The molecule has 0 aliphatic rings. The first-order valence-corrected chi connectivity index (χ1v) is 7.42. The monoisotopic (exact) mass is 480 g/mol. The maximum Gasteiger partial charge on any atom is 0.573 e. The summed E-state index contributed by atoms with van der Waals surface area (Å²) in [6, 6.07) is 13.3. The van der Waals surface area contributed by atoms with Gasteiger partial charge in [-0.05, 0) is 29.8 Å². The molecular weight excluding hydrogens is 460 g/mol. The third-order valence-corrected chi connectivity index (χ3v) is 3.26. The zero-order valence-electron chi connectivity index (χ0n) is 14.2. The van der Waals surface area contributed by atoms with E-state index in [0.717, 1.165) is 11.3 Å². The van der Waals surface area contributed by atoms with Gasteiger partial charge in [0.25, 0.3) is 0 Å². The molecule has 0 fully saturated rings. The average Bonchev–Trinajstić information content (AvgIpc) is 2.54. The van der Waals surface area contributed by atoms with Crippen molar-refractivity contribution in [1.82, 2.24) is 0 Å². The summed E-state index contributed by atoms with van der Waals surface area (Å²) in [7, 11) is 3.88. The number of anilines is 2. The normalized spacial score (nSPS) is 11.5. The van der Waals surface area contributed by atoms with Crippen LogP contribution in [0.4, 0.5) is 24.5 Å². The minimum Gasteiger partial charge on any atom is -0.404 e. The van der Waals surface area contributed by atoms with Gasteiger partial charge in [0, 0.05) is 19.8 Å². The van der Waals surface area contributed by atoms with E-state index in [0.29, 0.717) is 6.54 Å². The molecule has 26 heavy (non-hydrogen) atoms. The number of aliphatic imine (C=N–C) groups is 1. The molecule has 0 amide bonds. The molecule has 2 aromatic rings. The Labute approximate surface area is 167 Å². The first-order chi connectivity index (χ1) is 11.7. The molecule has 0 atom stereocenters. The van der Waals surface area contributed by atoms with Crippen molar-refractivity contribution in [2.75, 3.05) is 24.3 Å². The second-order valence-electron chi connectivity index (χ2n) is 5.43. The Balaban J connectivity index is 0.00000338. The third-order valence-electron chi connectivity index (χ3n) is 3.26. The summed E-state index contributed by atoms with van der Waals surface area (Å²) >= 11 is 0. The summed E-state index contributed by atoms with van der Waals surface area (Å²) in [5.74, 6) is -0.376. The van der Waals surface area contributed by atoms with Gasteiger partial charge in [-0.2, -0.15) is 0 Å². The Hall–Kier alpha value is -2.17. The molecule has 0 bridgehead atoms. The van der Waals surface area contributed by atoms with Crippen molar-refractivity contribution in [3.63, 3.8) is 0 Å². The Bertz CT molecular complexity index is 734. The van der Waals surface area contributed by atoms with Crippen molar-refractivity contribution in [2.45, 2.75) is 12.9 Å². The zero-order chi connectivity index (χ0) is 18.4. The van der Waals surface area contributed by atoms with Gasteiger partial charge in [0.2, 0.25) is 0 Å². The van der Waals surface area contributed by atoms with E-state index >= 15 is 0 Å². The first-order valence-electron chi connectivity index (χ1n) is 7.42. The van der Waals surface area contributed by atoms with Crippen LogP contribution in [0.3, 0.4) is 0 Å². The molecule has 0 unspecified atom stereocenters. The lowest BCUT2D eigenvalue weighted by Gasteiger charge is -2.14. The number of nitrogens with zero attached hydrogens (tertiary/aromatic N) is 2. The Morgan fingerprint density at radius 2 is 1.73 bits per heavy atom. The van der Waals surface area contributed by atoms with E-state index in [4.69, 9.17) is 5.73 Å². The maximum absolute atomic E-state index is 12.4. The van der Waals surface area contributed by atoms with Crippen molar-refractivity contribution in [3.8, 4) is 5.75 Å². The van der Waals surface area contributed by atoms with Gasteiger partial charge in [0.15, 0.2) is 11.7 Å².